The average molecular weight is 330 g/mol. The third-order valence-electron chi connectivity index (χ3n) is 4.36. The highest BCUT2D eigenvalue weighted by atomic mass is 16.2. The molecule has 1 aromatic carbocycles. The van der Waals surface area contributed by atoms with Gasteiger partial charge in [-0.25, -0.2) is 0 Å². The first-order chi connectivity index (χ1) is 11.6. The van der Waals surface area contributed by atoms with E-state index in [-0.39, 0.29) is 17.7 Å². The quantitative estimate of drug-likeness (QED) is 0.626. The molecule has 0 aliphatic heterocycles. The van der Waals surface area contributed by atoms with Crippen LogP contribution in [0.3, 0.4) is 0 Å². The van der Waals surface area contributed by atoms with Crippen LogP contribution in [0.2, 0.25) is 0 Å². The zero-order valence-electron chi connectivity index (χ0n) is 14.9. The summed E-state index contributed by atoms with van der Waals surface area (Å²) in [4.78, 5) is 23.8. The fraction of sp³-hybridized carbons (Fsp3) is 0.600. The molecule has 4 nitrogen and oxygen atoms in total. The molecule has 1 saturated carbocycles. The molecule has 0 saturated heterocycles. The molecule has 4 heteroatoms. The van der Waals surface area contributed by atoms with Crippen LogP contribution in [0.1, 0.15) is 69.2 Å². The molecule has 1 aliphatic rings. The fourth-order valence-corrected chi connectivity index (χ4v) is 2.63. The van der Waals surface area contributed by atoms with E-state index in [0.717, 1.165) is 37.4 Å². The minimum Gasteiger partial charge on any atom is -0.352 e. The number of amides is 2. The molecule has 2 amide bonds. The summed E-state index contributed by atoms with van der Waals surface area (Å²) >= 11 is 0. The Bertz CT molecular complexity index is 533. The van der Waals surface area contributed by atoms with Gasteiger partial charge in [0.15, 0.2) is 0 Å². The third-order valence-corrected chi connectivity index (χ3v) is 4.36. The highest BCUT2D eigenvalue weighted by Gasteiger charge is 2.29. The van der Waals surface area contributed by atoms with E-state index >= 15 is 0 Å². The van der Waals surface area contributed by atoms with E-state index in [2.05, 4.69) is 24.5 Å². The molecule has 0 radical (unpaired) electrons. The van der Waals surface area contributed by atoms with Gasteiger partial charge in [-0.15, -0.1) is 0 Å². The lowest BCUT2D eigenvalue weighted by atomic mass is 10.0. The Kier molecular flexibility index (Phi) is 7.29. The van der Waals surface area contributed by atoms with Crippen molar-refractivity contribution in [1.29, 1.82) is 0 Å². The van der Waals surface area contributed by atoms with Crippen molar-refractivity contribution in [2.75, 3.05) is 11.9 Å². The summed E-state index contributed by atoms with van der Waals surface area (Å²) in [6.45, 7) is 5.23. The van der Waals surface area contributed by atoms with E-state index in [1.54, 1.807) is 24.3 Å². The topological polar surface area (TPSA) is 58.2 Å². The van der Waals surface area contributed by atoms with E-state index < -0.39 is 0 Å². The van der Waals surface area contributed by atoms with Crippen LogP contribution in [0.25, 0.3) is 0 Å². The number of hydrogen-bond acceptors (Lipinski definition) is 2. The Morgan fingerprint density at radius 1 is 1.04 bits per heavy atom. The molecule has 0 aromatic heterocycles. The van der Waals surface area contributed by atoms with Gasteiger partial charge < -0.3 is 10.6 Å². The van der Waals surface area contributed by atoms with Gasteiger partial charge >= 0.3 is 0 Å². The van der Waals surface area contributed by atoms with E-state index in [9.17, 15) is 9.59 Å². The Labute approximate surface area is 145 Å². The number of benzene rings is 1. The SMILES string of the molecule is CC(C)CCCCCCNC(=O)c1ccc(NC(=O)C2CC2)cc1. The Morgan fingerprint density at radius 3 is 2.33 bits per heavy atom. The molecule has 24 heavy (non-hydrogen) atoms. The zero-order chi connectivity index (χ0) is 17.4. The number of carbonyl (C=O) groups is 2. The van der Waals surface area contributed by atoms with E-state index in [1.807, 2.05) is 0 Å². The summed E-state index contributed by atoms with van der Waals surface area (Å²) in [7, 11) is 0. The summed E-state index contributed by atoms with van der Waals surface area (Å²) in [5, 5.41) is 5.84. The van der Waals surface area contributed by atoms with Crippen LogP contribution in [0.5, 0.6) is 0 Å². The first-order valence-electron chi connectivity index (χ1n) is 9.25. The summed E-state index contributed by atoms with van der Waals surface area (Å²) in [6, 6.07) is 7.11. The lowest BCUT2D eigenvalue weighted by molar-refractivity contribution is -0.117. The van der Waals surface area contributed by atoms with Gasteiger partial charge in [0.2, 0.25) is 5.91 Å². The number of nitrogens with one attached hydrogen (secondary N) is 2. The summed E-state index contributed by atoms with van der Waals surface area (Å²) in [6.07, 6.45) is 7.98. The smallest absolute Gasteiger partial charge is 0.251 e. The highest BCUT2D eigenvalue weighted by Crippen LogP contribution is 2.30. The standard InChI is InChI=1S/C20H30N2O2/c1-15(2)7-5-3-4-6-14-21-19(23)16-10-12-18(13-11-16)22-20(24)17-8-9-17/h10-13,15,17H,3-9,14H2,1-2H3,(H,21,23)(H,22,24). The summed E-state index contributed by atoms with van der Waals surface area (Å²) < 4.78 is 0. The van der Waals surface area contributed by atoms with E-state index in [0.29, 0.717) is 5.56 Å². The number of unbranched alkanes of at least 4 members (excludes halogenated alkanes) is 3. The molecule has 1 aromatic rings. The van der Waals surface area contributed by atoms with Gasteiger partial charge in [0, 0.05) is 23.7 Å². The van der Waals surface area contributed by atoms with Gasteiger partial charge in [0.25, 0.3) is 5.91 Å². The number of anilines is 1. The van der Waals surface area contributed by atoms with Gasteiger partial charge in [-0.3, -0.25) is 9.59 Å². The van der Waals surface area contributed by atoms with Crippen molar-refractivity contribution >= 4 is 17.5 Å². The van der Waals surface area contributed by atoms with Gasteiger partial charge in [-0.1, -0.05) is 39.5 Å². The average Bonchev–Trinajstić information content (AvgIpc) is 3.39. The molecule has 0 atom stereocenters. The second-order valence-electron chi connectivity index (χ2n) is 7.19. The van der Waals surface area contributed by atoms with Crippen molar-refractivity contribution in [3.8, 4) is 0 Å². The molecule has 2 N–H and O–H groups in total. The lowest BCUT2D eigenvalue weighted by Gasteiger charge is -2.08. The summed E-state index contributed by atoms with van der Waals surface area (Å²) in [5.74, 6) is 1.01. The zero-order valence-corrected chi connectivity index (χ0v) is 14.9. The van der Waals surface area contributed by atoms with E-state index in [4.69, 9.17) is 0 Å². The van der Waals surface area contributed by atoms with Crippen LogP contribution in [0.15, 0.2) is 24.3 Å². The molecular weight excluding hydrogens is 300 g/mol. The predicted molar refractivity (Wildman–Crippen MR) is 98.1 cm³/mol. The Balaban J connectivity index is 1.62. The minimum absolute atomic E-state index is 0.0442. The van der Waals surface area contributed by atoms with Gasteiger partial charge in [-0.2, -0.15) is 0 Å². The number of hydrogen-bond donors (Lipinski definition) is 2. The first kappa shape index (κ1) is 18.5. The fourth-order valence-electron chi connectivity index (χ4n) is 2.63. The van der Waals surface area contributed by atoms with Crippen LogP contribution in [-0.4, -0.2) is 18.4 Å². The van der Waals surface area contributed by atoms with Crippen molar-refractivity contribution in [2.24, 2.45) is 11.8 Å². The third kappa shape index (κ3) is 6.73. The van der Waals surface area contributed by atoms with Crippen molar-refractivity contribution < 1.29 is 9.59 Å². The molecule has 1 fully saturated rings. The first-order valence-corrected chi connectivity index (χ1v) is 9.25. The molecule has 1 aliphatic carbocycles. The van der Waals surface area contributed by atoms with Gasteiger partial charge in [-0.05, 0) is 49.4 Å². The van der Waals surface area contributed by atoms with Crippen LogP contribution < -0.4 is 10.6 Å². The molecule has 132 valence electrons. The maximum Gasteiger partial charge on any atom is 0.251 e. The molecule has 0 heterocycles. The largest absolute Gasteiger partial charge is 0.352 e. The van der Waals surface area contributed by atoms with Gasteiger partial charge in [0.1, 0.15) is 0 Å². The van der Waals surface area contributed by atoms with Crippen LogP contribution in [-0.2, 0) is 4.79 Å². The van der Waals surface area contributed by atoms with Crippen LogP contribution in [0.4, 0.5) is 5.69 Å². The van der Waals surface area contributed by atoms with Crippen LogP contribution in [0, 0.1) is 11.8 Å². The molecule has 2 rings (SSSR count). The maximum absolute atomic E-state index is 12.1. The number of rotatable bonds is 10. The highest BCUT2D eigenvalue weighted by molar-refractivity contribution is 5.96. The second kappa shape index (κ2) is 9.45. The molecular formula is C20H30N2O2. The van der Waals surface area contributed by atoms with Crippen molar-refractivity contribution in [3.05, 3.63) is 29.8 Å². The normalized spacial score (nSPS) is 13.8. The van der Waals surface area contributed by atoms with Crippen LogP contribution >= 0.6 is 0 Å². The molecule has 0 unspecified atom stereocenters. The number of carbonyl (C=O) groups excluding carboxylic acids is 2. The molecule has 0 bridgehead atoms. The Hall–Kier alpha value is -1.84. The minimum atomic E-state index is -0.0442. The van der Waals surface area contributed by atoms with Crippen molar-refractivity contribution in [2.45, 2.75) is 58.8 Å². The maximum atomic E-state index is 12.1. The van der Waals surface area contributed by atoms with Gasteiger partial charge in [0.05, 0.1) is 0 Å². The monoisotopic (exact) mass is 330 g/mol. The predicted octanol–water partition coefficient (Wildman–Crippen LogP) is 4.37. The molecule has 0 spiro atoms. The van der Waals surface area contributed by atoms with Crippen molar-refractivity contribution in [3.63, 3.8) is 0 Å². The van der Waals surface area contributed by atoms with Crippen molar-refractivity contribution in [1.82, 2.24) is 5.32 Å². The lowest BCUT2D eigenvalue weighted by Crippen LogP contribution is -2.24. The summed E-state index contributed by atoms with van der Waals surface area (Å²) in [5.41, 5.74) is 1.40. The second-order valence-corrected chi connectivity index (χ2v) is 7.19. The Morgan fingerprint density at radius 2 is 1.71 bits per heavy atom. The van der Waals surface area contributed by atoms with E-state index in [1.165, 1.54) is 25.7 Å².